The van der Waals surface area contributed by atoms with E-state index in [1.54, 1.807) is 0 Å². The number of unbranched alkanes of at least 4 members (excludes halogenated alkanes) is 29. The molecule has 0 heterocycles. The number of carbonyl (C=O) groups is 2. The van der Waals surface area contributed by atoms with Crippen molar-refractivity contribution >= 4 is 11.9 Å². The minimum absolute atomic E-state index is 0.0208. The van der Waals surface area contributed by atoms with Crippen molar-refractivity contribution in [1.82, 2.24) is 5.32 Å². The molecule has 0 spiro atoms. The summed E-state index contributed by atoms with van der Waals surface area (Å²) in [4.78, 5) is 24.4. The average molecular weight is 816 g/mol. The van der Waals surface area contributed by atoms with E-state index in [-0.39, 0.29) is 18.5 Å². The standard InChI is InChI=1S/C52H97NO5/c1-3-5-7-9-11-13-15-16-17-18-19-20-23-26-30-34-38-42-46-52(57)58-47-43-39-35-31-27-24-21-22-25-29-33-37-41-45-51(56)53-49(48-54)50(55)44-40-36-32-28-14-12-10-8-6-4-2/h13,15,17-18,22,25,49-50,54-55H,3-12,14,16,19-21,23-24,26-48H2,1-2H3,(H,53,56)/b15-13-,18-17-,25-22-. The quantitative estimate of drug-likeness (QED) is 0.0323. The molecule has 0 radical (unpaired) electrons. The van der Waals surface area contributed by atoms with Gasteiger partial charge in [-0.25, -0.2) is 0 Å². The van der Waals surface area contributed by atoms with Gasteiger partial charge in [-0.1, -0.05) is 198 Å². The van der Waals surface area contributed by atoms with Gasteiger partial charge in [0.25, 0.3) is 0 Å². The van der Waals surface area contributed by atoms with Crippen LogP contribution in [-0.4, -0.2) is 47.4 Å². The largest absolute Gasteiger partial charge is 0.466 e. The SMILES string of the molecule is CCCCCC/C=C\C/C=C\CCCCCCCCCC(=O)OCCCCCCCC/C=C\CCCCCC(=O)NC(CO)C(O)CCCCCCCCCCCC. The molecular formula is C52H97NO5. The van der Waals surface area contributed by atoms with Crippen molar-refractivity contribution in [1.29, 1.82) is 0 Å². The molecule has 340 valence electrons. The van der Waals surface area contributed by atoms with E-state index >= 15 is 0 Å². The summed E-state index contributed by atoms with van der Waals surface area (Å²) in [6.07, 6.45) is 56.8. The van der Waals surface area contributed by atoms with Gasteiger partial charge in [0.1, 0.15) is 0 Å². The van der Waals surface area contributed by atoms with Crippen LogP contribution in [0.5, 0.6) is 0 Å². The summed E-state index contributed by atoms with van der Waals surface area (Å²) in [5.74, 6) is -0.0890. The number of ether oxygens (including phenoxy) is 1. The summed E-state index contributed by atoms with van der Waals surface area (Å²) in [5.41, 5.74) is 0. The van der Waals surface area contributed by atoms with Gasteiger partial charge in [-0.15, -0.1) is 0 Å². The third kappa shape index (κ3) is 43.7. The van der Waals surface area contributed by atoms with E-state index in [1.807, 2.05) is 0 Å². The van der Waals surface area contributed by atoms with Crippen molar-refractivity contribution in [2.75, 3.05) is 13.2 Å². The van der Waals surface area contributed by atoms with Crippen LogP contribution in [0.4, 0.5) is 0 Å². The molecule has 0 aliphatic carbocycles. The molecule has 0 saturated carbocycles. The second kappa shape index (κ2) is 47.8. The smallest absolute Gasteiger partial charge is 0.305 e. The number of aliphatic hydroxyl groups is 2. The van der Waals surface area contributed by atoms with Crippen molar-refractivity contribution in [3.05, 3.63) is 36.5 Å². The lowest BCUT2D eigenvalue weighted by Crippen LogP contribution is -2.45. The number of nitrogens with one attached hydrogen (secondary N) is 1. The Morgan fingerprint density at radius 3 is 1.36 bits per heavy atom. The lowest BCUT2D eigenvalue weighted by atomic mass is 10.0. The molecular weight excluding hydrogens is 719 g/mol. The van der Waals surface area contributed by atoms with Gasteiger partial charge in [0.2, 0.25) is 5.91 Å². The van der Waals surface area contributed by atoms with E-state index in [4.69, 9.17) is 4.74 Å². The Hall–Kier alpha value is -1.92. The van der Waals surface area contributed by atoms with E-state index in [9.17, 15) is 19.8 Å². The maximum Gasteiger partial charge on any atom is 0.305 e. The van der Waals surface area contributed by atoms with Crippen LogP contribution in [0.15, 0.2) is 36.5 Å². The van der Waals surface area contributed by atoms with Gasteiger partial charge in [0, 0.05) is 12.8 Å². The first-order valence-corrected chi connectivity index (χ1v) is 25.2. The van der Waals surface area contributed by atoms with Crippen LogP contribution in [0.1, 0.15) is 258 Å². The van der Waals surface area contributed by atoms with Crippen LogP contribution in [0.25, 0.3) is 0 Å². The van der Waals surface area contributed by atoms with Gasteiger partial charge in [-0.05, 0) is 83.5 Å². The number of hydrogen-bond acceptors (Lipinski definition) is 5. The molecule has 6 heteroatoms. The van der Waals surface area contributed by atoms with E-state index in [0.717, 1.165) is 77.0 Å². The van der Waals surface area contributed by atoms with E-state index in [1.165, 1.54) is 148 Å². The maximum absolute atomic E-state index is 12.4. The minimum Gasteiger partial charge on any atom is -0.466 e. The molecule has 3 N–H and O–H groups in total. The van der Waals surface area contributed by atoms with Crippen LogP contribution in [0, 0.1) is 0 Å². The second-order valence-electron chi connectivity index (χ2n) is 17.1. The van der Waals surface area contributed by atoms with Crippen LogP contribution in [0.3, 0.4) is 0 Å². The van der Waals surface area contributed by atoms with Crippen molar-refractivity contribution in [3.63, 3.8) is 0 Å². The van der Waals surface area contributed by atoms with Crippen LogP contribution >= 0.6 is 0 Å². The zero-order valence-electron chi connectivity index (χ0n) is 38.5. The fourth-order valence-electron chi connectivity index (χ4n) is 7.49. The Labute approximate surface area is 360 Å². The molecule has 1 amide bonds. The van der Waals surface area contributed by atoms with Crippen molar-refractivity contribution in [2.45, 2.75) is 270 Å². The summed E-state index contributed by atoms with van der Waals surface area (Å²) < 4.78 is 5.46. The Bertz CT molecular complexity index is 946. The summed E-state index contributed by atoms with van der Waals surface area (Å²) in [5, 5.41) is 23.1. The van der Waals surface area contributed by atoms with Gasteiger partial charge in [-0.3, -0.25) is 9.59 Å². The number of hydrogen-bond donors (Lipinski definition) is 3. The molecule has 0 aliphatic rings. The van der Waals surface area contributed by atoms with Crippen LogP contribution < -0.4 is 5.32 Å². The highest BCUT2D eigenvalue weighted by Crippen LogP contribution is 2.15. The van der Waals surface area contributed by atoms with E-state index < -0.39 is 12.1 Å². The highest BCUT2D eigenvalue weighted by Gasteiger charge is 2.20. The fraction of sp³-hybridized carbons (Fsp3) is 0.846. The molecule has 6 nitrogen and oxygen atoms in total. The molecule has 0 aromatic rings. The summed E-state index contributed by atoms with van der Waals surface area (Å²) in [7, 11) is 0. The van der Waals surface area contributed by atoms with Gasteiger partial charge in [0.15, 0.2) is 0 Å². The van der Waals surface area contributed by atoms with Crippen molar-refractivity contribution < 1.29 is 24.5 Å². The Balaban J connectivity index is 3.48. The topological polar surface area (TPSA) is 95.9 Å². The minimum atomic E-state index is -0.680. The molecule has 0 bridgehead atoms. The molecule has 58 heavy (non-hydrogen) atoms. The molecule has 2 unspecified atom stereocenters. The zero-order chi connectivity index (χ0) is 42.3. The number of rotatable bonds is 46. The third-order valence-corrected chi connectivity index (χ3v) is 11.4. The molecule has 0 saturated heterocycles. The van der Waals surface area contributed by atoms with Crippen LogP contribution in [0.2, 0.25) is 0 Å². The predicted molar refractivity (Wildman–Crippen MR) is 250 cm³/mol. The summed E-state index contributed by atoms with van der Waals surface area (Å²) in [6.45, 7) is 4.86. The summed E-state index contributed by atoms with van der Waals surface area (Å²) >= 11 is 0. The predicted octanol–water partition coefficient (Wildman–Crippen LogP) is 14.9. The fourth-order valence-corrected chi connectivity index (χ4v) is 7.49. The van der Waals surface area contributed by atoms with Crippen molar-refractivity contribution in [2.24, 2.45) is 0 Å². The van der Waals surface area contributed by atoms with Gasteiger partial charge < -0.3 is 20.3 Å². The lowest BCUT2D eigenvalue weighted by molar-refractivity contribution is -0.143. The van der Waals surface area contributed by atoms with Gasteiger partial charge >= 0.3 is 5.97 Å². The Morgan fingerprint density at radius 1 is 0.483 bits per heavy atom. The third-order valence-electron chi connectivity index (χ3n) is 11.4. The highest BCUT2D eigenvalue weighted by molar-refractivity contribution is 5.76. The van der Waals surface area contributed by atoms with Gasteiger partial charge in [-0.2, -0.15) is 0 Å². The van der Waals surface area contributed by atoms with Crippen LogP contribution in [-0.2, 0) is 14.3 Å². The second-order valence-corrected chi connectivity index (χ2v) is 17.1. The lowest BCUT2D eigenvalue weighted by Gasteiger charge is -2.22. The number of esters is 1. The Morgan fingerprint density at radius 2 is 0.862 bits per heavy atom. The van der Waals surface area contributed by atoms with E-state index in [2.05, 4.69) is 55.6 Å². The van der Waals surface area contributed by atoms with E-state index in [0.29, 0.717) is 25.9 Å². The average Bonchev–Trinajstić information content (AvgIpc) is 3.22. The number of carbonyl (C=O) groups excluding carboxylic acids is 2. The molecule has 0 fully saturated rings. The molecule has 0 rings (SSSR count). The molecule has 0 aromatic heterocycles. The number of amides is 1. The number of allylic oxidation sites excluding steroid dienone is 6. The normalized spacial score (nSPS) is 13.0. The number of aliphatic hydroxyl groups excluding tert-OH is 2. The summed E-state index contributed by atoms with van der Waals surface area (Å²) in [6, 6.07) is -0.561. The first-order chi connectivity index (χ1) is 28.5. The first-order valence-electron chi connectivity index (χ1n) is 25.2. The Kier molecular flexibility index (Phi) is 46.2. The molecule has 0 aliphatic heterocycles. The molecule has 0 aromatic carbocycles. The monoisotopic (exact) mass is 816 g/mol. The molecule has 2 atom stereocenters. The maximum atomic E-state index is 12.4. The zero-order valence-corrected chi connectivity index (χ0v) is 38.5. The van der Waals surface area contributed by atoms with Crippen molar-refractivity contribution in [3.8, 4) is 0 Å². The highest BCUT2D eigenvalue weighted by atomic mass is 16.5. The first kappa shape index (κ1) is 56.1. The van der Waals surface area contributed by atoms with Gasteiger partial charge in [0.05, 0.1) is 25.4 Å².